The van der Waals surface area contributed by atoms with E-state index in [1.54, 1.807) is 11.8 Å². The Balaban J connectivity index is 1.95. The van der Waals surface area contributed by atoms with Crippen molar-refractivity contribution in [3.05, 3.63) is 53.6 Å². The first-order valence-corrected chi connectivity index (χ1v) is 7.97. The number of aromatic nitrogens is 2. The fourth-order valence-corrected chi connectivity index (χ4v) is 3.35. The largest absolute Gasteiger partial charge is 0.333 e. The van der Waals surface area contributed by atoms with Crippen molar-refractivity contribution in [2.75, 3.05) is 0 Å². The van der Waals surface area contributed by atoms with Gasteiger partial charge in [-0.25, -0.2) is 4.98 Å². The summed E-state index contributed by atoms with van der Waals surface area (Å²) in [5.41, 5.74) is 10.7. The van der Waals surface area contributed by atoms with Crippen LogP contribution in [0.2, 0.25) is 0 Å². The zero-order valence-electron chi connectivity index (χ0n) is 12.3. The van der Waals surface area contributed by atoms with Crippen molar-refractivity contribution < 1.29 is 0 Å². The van der Waals surface area contributed by atoms with E-state index < -0.39 is 0 Å². The molecule has 0 spiro atoms. The molecule has 108 valence electrons. The van der Waals surface area contributed by atoms with E-state index in [1.165, 1.54) is 16.0 Å². The molecule has 0 radical (unpaired) electrons. The molecule has 1 aromatic heterocycles. The number of nitrogens with two attached hydrogens (primary N) is 1. The Hall–Kier alpha value is -1.78. The van der Waals surface area contributed by atoms with Crippen LogP contribution in [0.5, 0.6) is 0 Å². The second-order valence-electron chi connectivity index (χ2n) is 5.22. The third-order valence-corrected chi connectivity index (χ3v) is 4.56. The van der Waals surface area contributed by atoms with Crippen LogP contribution in [0.3, 0.4) is 0 Å². The maximum absolute atomic E-state index is 6.20. The van der Waals surface area contributed by atoms with Gasteiger partial charge in [-0.3, -0.25) is 0 Å². The van der Waals surface area contributed by atoms with E-state index in [0.29, 0.717) is 0 Å². The molecule has 2 aromatic carbocycles. The van der Waals surface area contributed by atoms with E-state index in [4.69, 9.17) is 5.73 Å². The van der Waals surface area contributed by atoms with Gasteiger partial charge in [0.05, 0.1) is 11.0 Å². The predicted octanol–water partition coefficient (Wildman–Crippen LogP) is 4.43. The van der Waals surface area contributed by atoms with Gasteiger partial charge in [-0.1, -0.05) is 43.0 Å². The lowest BCUT2D eigenvalue weighted by molar-refractivity contribution is 0.685. The van der Waals surface area contributed by atoms with E-state index in [-0.39, 0.29) is 6.04 Å². The maximum Gasteiger partial charge on any atom is 0.171 e. The lowest BCUT2D eigenvalue weighted by atomic mass is 10.1. The van der Waals surface area contributed by atoms with Crippen molar-refractivity contribution in [1.29, 1.82) is 0 Å². The minimum atomic E-state index is 0.0697. The number of aromatic amines is 1. The average Bonchev–Trinajstić information content (AvgIpc) is 2.88. The fraction of sp³-hybridized carbons (Fsp3) is 0.235. The van der Waals surface area contributed by atoms with E-state index in [9.17, 15) is 0 Å². The van der Waals surface area contributed by atoms with Crippen molar-refractivity contribution in [2.45, 2.75) is 36.4 Å². The van der Waals surface area contributed by atoms with Crippen LogP contribution in [0, 0.1) is 6.92 Å². The molecule has 1 heterocycles. The summed E-state index contributed by atoms with van der Waals surface area (Å²) in [6, 6.07) is 14.6. The molecule has 0 aliphatic heterocycles. The molecule has 0 amide bonds. The molecule has 1 atom stereocenters. The number of H-pyrrole nitrogens is 1. The maximum atomic E-state index is 6.20. The van der Waals surface area contributed by atoms with Crippen molar-refractivity contribution >= 4 is 22.8 Å². The molecule has 0 saturated heterocycles. The van der Waals surface area contributed by atoms with Gasteiger partial charge < -0.3 is 10.7 Å². The molecule has 1 unspecified atom stereocenters. The summed E-state index contributed by atoms with van der Waals surface area (Å²) in [6.45, 7) is 4.19. The minimum Gasteiger partial charge on any atom is -0.333 e. The normalized spacial score (nSPS) is 12.7. The highest BCUT2D eigenvalue weighted by Gasteiger charge is 2.12. The van der Waals surface area contributed by atoms with Crippen LogP contribution < -0.4 is 5.73 Å². The van der Waals surface area contributed by atoms with Crippen LogP contribution >= 0.6 is 11.8 Å². The quantitative estimate of drug-likeness (QED) is 0.749. The van der Waals surface area contributed by atoms with E-state index in [0.717, 1.165) is 22.6 Å². The Morgan fingerprint density at radius 1 is 1.24 bits per heavy atom. The summed E-state index contributed by atoms with van der Waals surface area (Å²) in [7, 11) is 0. The van der Waals surface area contributed by atoms with Gasteiger partial charge in [0, 0.05) is 10.9 Å². The second-order valence-corrected chi connectivity index (χ2v) is 6.25. The van der Waals surface area contributed by atoms with Crippen LogP contribution in [-0.4, -0.2) is 9.97 Å². The highest BCUT2D eigenvalue weighted by atomic mass is 32.2. The smallest absolute Gasteiger partial charge is 0.171 e. The number of nitrogens with one attached hydrogen (secondary N) is 1. The summed E-state index contributed by atoms with van der Waals surface area (Å²) in [6.07, 6.45) is 0.927. The topological polar surface area (TPSA) is 54.7 Å². The molecule has 0 bridgehead atoms. The number of benzene rings is 2. The number of hydrogen-bond donors (Lipinski definition) is 2. The van der Waals surface area contributed by atoms with Gasteiger partial charge in [-0.2, -0.15) is 0 Å². The highest BCUT2D eigenvalue weighted by molar-refractivity contribution is 7.99. The van der Waals surface area contributed by atoms with Crippen LogP contribution in [-0.2, 0) is 0 Å². The molecule has 0 aliphatic rings. The van der Waals surface area contributed by atoms with E-state index >= 15 is 0 Å². The number of rotatable bonds is 4. The molecular weight excluding hydrogens is 278 g/mol. The summed E-state index contributed by atoms with van der Waals surface area (Å²) in [5.74, 6) is 0. The zero-order valence-corrected chi connectivity index (χ0v) is 13.1. The van der Waals surface area contributed by atoms with Gasteiger partial charge in [0.15, 0.2) is 5.16 Å². The van der Waals surface area contributed by atoms with Crippen LogP contribution in [0.15, 0.2) is 52.5 Å². The minimum absolute atomic E-state index is 0.0697. The van der Waals surface area contributed by atoms with Crippen LogP contribution in [0.1, 0.15) is 30.5 Å². The fourth-order valence-electron chi connectivity index (χ4n) is 2.35. The third-order valence-electron chi connectivity index (χ3n) is 3.58. The molecule has 3 rings (SSSR count). The Labute approximate surface area is 129 Å². The van der Waals surface area contributed by atoms with Crippen molar-refractivity contribution in [3.8, 4) is 0 Å². The van der Waals surface area contributed by atoms with Gasteiger partial charge in [0.2, 0.25) is 0 Å². The van der Waals surface area contributed by atoms with Gasteiger partial charge in [0.25, 0.3) is 0 Å². The monoisotopic (exact) mass is 297 g/mol. The molecule has 3 nitrogen and oxygen atoms in total. The predicted molar refractivity (Wildman–Crippen MR) is 88.6 cm³/mol. The molecule has 0 saturated carbocycles. The van der Waals surface area contributed by atoms with Gasteiger partial charge >= 0.3 is 0 Å². The standard InChI is InChI=1S/C17H19N3S/c1-3-13(18)12-6-4-5-7-16(12)21-17-19-14-9-8-11(2)10-15(14)20-17/h4-10,13H,3,18H2,1-2H3,(H,19,20). The van der Waals surface area contributed by atoms with Crippen molar-refractivity contribution in [2.24, 2.45) is 5.73 Å². The molecule has 4 heteroatoms. The van der Waals surface area contributed by atoms with Crippen molar-refractivity contribution in [3.63, 3.8) is 0 Å². The van der Waals surface area contributed by atoms with Gasteiger partial charge in [-0.15, -0.1) is 0 Å². The second kappa shape index (κ2) is 5.92. The number of imidazole rings is 1. The number of hydrogen-bond acceptors (Lipinski definition) is 3. The Morgan fingerprint density at radius 2 is 2.05 bits per heavy atom. The lowest BCUT2D eigenvalue weighted by Crippen LogP contribution is -2.09. The summed E-state index contributed by atoms with van der Waals surface area (Å²) >= 11 is 1.64. The SMILES string of the molecule is CCC(N)c1ccccc1Sc1nc2ccc(C)cc2[nH]1. The Morgan fingerprint density at radius 3 is 2.86 bits per heavy atom. The lowest BCUT2D eigenvalue weighted by Gasteiger charge is -2.13. The zero-order chi connectivity index (χ0) is 14.8. The molecular formula is C17H19N3S. The molecule has 3 aromatic rings. The third kappa shape index (κ3) is 2.96. The molecule has 3 N–H and O–H groups in total. The van der Waals surface area contributed by atoms with Crippen molar-refractivity contribution in [1.82, 2.24) is 9.97 Å². The highest BCUT2D eigenvalue weighted by Crippen LogP contribution is 2.33. The molecule has 0 aliphatic carbocycles. The Bertz CT molecular complexity index is 764. The number of aryl methyl sites for hydroxylation is 1. The summed E-state index contributed by atoms with van der Waals surface area (Å²) < 4.78 is 0. The number of fused-ring (bicyclic) bond motifs is 1. The number of nitrogens with zero attached hydrogens (tertiary/aromatic N) is 1. The van der Waals surface area contributed by atoms with Crippen LogP contribution in [0.25, 0.3) is 11.0 Å². The van der Waals surface area contributed by atoms with E-state index in [1.807, 2.05) is 12.1 Å². The average molecular weight is 297 g/mol. The first-order chi connectivity index (χ1) is 10.2. The van der Waals surface area contributed by atoms with E-state index in [2.05, 4.69) is 54.1 Å². The Kier molecular flexibility index (Phi) is 3.99. The molecule has 0 fully saturated rings. The summed E-state index contributed by atoms with van der Waals surface area (Å²) in [4.78, 5) is 9.19. The van der Waals surface area contributed by atoms with Crippen LogP contribution in [0.4, 0.5) is 0 Å². The van der Waals surface area contributed by atoms with Gasteiger partial charge in [0.1, 0.15) is 0 Å². The first kappa shape index (κ1) is 14.2. The first-order valence-electron chi connectivity index (χ1n) is 7.16. The molecule has 21 heavy (non-hydrogen) atoms. The van der Waals surface area contributed by atoms with Gasteiger partial charge in [-0.05, 0) is 42.7 Å². The summed E-state index contributed by atoms with van der Waals surface area (Å²) in [5, 5.41) is 0.909.